The molecule has 1 aromatic rings. The Morgan fingerprint density at radius 3 is 2.57 bits per heavy atom. The van der Waals surface area contributed by atoms with Crippen molar-refractivity contribution in [2.75, 3.05) is 11.4 Å². The minimum Gasteiger partial charge on any atom is -0.481 e. The van der Waals surface area contributed by atoms with E-state index in [4.69, 9.17) is 10.8 Å². The molecule has 1 amide bonds. The van der Waals surface area contributed by atoms with Gasteiger partial charge in [-0.25, -0.2) is 4.98 Å². The van der Waals surface area contributed by atoms with E-state index in [1.807, 2.05) is 0 Å². The maximum absolute atomic E-state index is 11.5. The van der Waals surface area contributed by atoms with Crippen molar-refractivity contribution in [3.63, 3.8) is 0 Å². The van der Waals surface area contributed by atoms with Gasteiger partial charge in [0.1, 0.15) is 12.0 Å². The molecule has 3 N–H and O–H groups in total. The van der Waals surface area contributed by atoms with Crippen molar-refractivity contribution in [2.45, 2.75) is 26.3 Å². The summed E-state index contributed by atoms with van der Waals surface area (Å²) in [5, 5.41) is 19.5. The fraction of sp³-hybridized carbons (Fsp3) is 0.417. The van der Waals surface area contributed by atoms with Crippen molar-refractivity contribution in [1.82, 2.24) is 4.98 Å². The molecule has 0 fully saturated rings. The average Bonchev–Trinajstić information content (AvgIpc) is 2.37. The van der Waals surface area contributed by atoms with Crippen molar-refractivity contribution in [2.24, 2.45) is 5.73 Å². The van der Waals surface area contributed by atoms with Crippen LogP contribution in [0.25, 0.3) is 0 Å². The van der Waals surface area contributed by atoms with Crippen LogP contribution in [0.15, 0.2) is 12.3 Å². The number of rotatable bonds is 7. The smallest absolute Gasteiger partial charge is 0.305 e. The predicted octanol–water partition coefficient (Wildman–Crippen LogP) is 0.778. The number of carboxylic acid groups (broad SMARTS) is 1. The molecule has 0 aliphatic carbocycles. The summed E-state index contributed by atoms with van der Waals surface area (Å²) in [6.45, 7) is 3.68. The van der Waals surface area contributed by atoms with E-state index in [1.54, 1.807) is 18.7 Å². The summed E-state index contributed by atoms with van der Waals surface area (Å²) >= 11 is 0. The second-order valence-corrected chi connectivity index (χ2v) is 4.62. The minimum absolute atomic E-state index is 0.108. The van der Waals surface area contributed by atoms with Gasteiger partial charge < -0.3 is 15.7 Å². The standard InChI is InChI=1S/C12H16N4O5/c1-7(2)15(4-3-10(17)18)12-9(11(13)19)5-8(6-14-12)16(20)21/h5-7H,3-4H2,1-2H3,(H2,13,19)(H,17,18). The van der Waals surface area contributed by atoms with Crippen LogP contribution in [0.1, 0.15) is 30.6 Å². The highest BCUT2D eigenvalue weighted by Gasteiger charge is 2.22. The van der Waals surface area contributed by atoms with E-state index in [9.17, 15) is 19.7 Å². The number of nitrogens with two attached hydrogens (primary N) is 1. The van der Waals surface area contributed by atoms with Gasteiger partial charge in [-0.3, -0.25) is 19.7 Å². The van der Waals surface area contributed by atoms with E-state index < -0.39 is 16.8 Å². The van der Waals surface area contributed by atoms with E-state index in [1.165, 1.54) is 0 Å². The predicted molar refractivity (Wildman–Crippen MR) is 74.1 cm³/mol. The van der Waals surface area contributed by atoms with E-state index >= 15 is 0 Å². The molecule has 0 atom stereocenters. The molecule has 1 heterocycles. The van der Waals surface area contributed by atoms with Crippen LogP contribution in [-0.4, -0.2) is 39.5 Å². The summed E-state index contributed by atoms with van der Waals surface area (Å²) in [6.07, 6.45) is 0.854. The van der Waals surface area contributed by atoms with Gasteiger partial charge in [0, 0.05) is 18.7 Å². The lowest BCUT2D eigenvalue weighted by molar-refractivity contribution is -0.385. The molecule has 0 unspecified atom stereocenters. The fourth-order valence-electron chi connectivity index (χ4n) is 1.78. The number of amides is 1. The van der Waals surface area contributed by atoms with E-state index in [0.29, 0.717) is 0 Å². The molecule has 0 bridgehead atoms. The van der Waals surface area contributed by atoms with Gasteiger partial charge in [0.05, 0.1) is 16.9 Å². The van der Waals surface area contributed by atoms with Crippen LogP contribution in [0.4, 0.5) is 11.5 Å². The average molecular weight is 296 g/mol. The third-order valence-electron chi connectivity index (χ3n) is 2.79. The Hall–Kier alpha value is -2.71. The Morgan fingerprint density at radius 1 is 1.52 bits per heavy atom. The normalized spacial score (nSPS) is 10.4. The molecule has 1 rings (SSSR count). The van der Waals surface area contributed by atoms with E-state index in [2.05, 4.69) is 4.98 Å². The molecule has 114 valence electrons. The second kappa shape index (κ2) is 6.64. The highest BCUT2D eigenvalue weighted by atomic mass is 16.6. The van der Waals surface area contributed by atoms with Crippen LogP contribution < -0.4 is 10.6 Å². The van der Waals surface area contributed by atoms with Crippen molar-refractivity contribution in [1.29, 1.82) is 0 Å². The first-order valence-corrected chi connectivity index (χ1v) is 6.16. The van der Waals surface area contributed by atoms with Crippen LogP contribution in [0, 0.1) is 10.1 Å². The molecule has 0 radical (unpaired) electrons. The van der Waals surface area contributed by atoms with Crippen LogP contribution in [0.5, 0.6) is 0 Å². The first kappa shape index (κ1) is 16.3. The third kappa shape index (κ3) is 4.13. The Balaban J connectivity index is 3.26. The maximum atomic E-state index is 11.5. The molecule has 0 aromatic carbocycles. The lowest BCUT2D eigenvalue weighted by Crippen LogP contribution is -2.35. The molecule has 0 aliphatic heterocycles. The van der Waals surface area contributed by atoms with Crippen LogP contribution in [0.3, 0.4) is 0 Å². The fourth-order valence-corrected chi connectivity index (χ4v) is 1.78. The first-order valence-electron chi connectivity index (χ1n) is 6.16. The molecule has 0 aliphatic rings. The number of nitro groups is 1. The number of pyridine rings is 1. The van der Waals surface area contributed by atoms with Crippen molar-refractivity contribution < 1.29 is 19.6 Å². The van der Waals surface area contributed by atoms with Crippen LogP contribution in [-0.2, 0) is 4.79 Å². The maximum Gasteiger partial charge on any atom is 0.305 e. The zero-order chi connectivity index (χ0) is 16.2. The number of primary amides is 1. The molecule has 9 heteroatoms. The zero-order valence-corrected chi connectivity index (χ0v) is 11.6. The molecule has 0 spiro atoms. The van der Waals surface area contributed by atoms with Gasteiger partial charge in [-0.1, -0.05) is 0 Å². The summed E-state index contributed by atoms with van der Waals surface area (Å²) < 4.78 is 0. The van der Waals surface area contributed by atoms with Crippen LogP contribution in [0.2, 0.25) is 0 Å². The first-order chi connectivity index (χ1) is 9.73. The number of anilines is 1. The topological polar surface area (TPSA) is 140 Å². The van der Waals surface area contributed by atoms with E-state index in [0.717, 1.165) is 12.3 Å². The number of aromatic nitrogens is 1. The molecule has 0 saturated heterocycles. The number of nitrogens with zero attached hydrogens (tertiary/aromatic N) is 3. The summed E-state index contributed by atoms with van der Waals surface area (Å²) in [5.74, 6) is -1.71. The van der Waals surface area contributed by atoms with E-state index in [-0.39, 0.29) is 36.1 Å². The monoisotopic (exact) mass is 296 g/mol. The van der Waals surface area contributed by atoms with Gasteiger partial charge in [-0.2, -0.15) is 0 Å². The largest absolute Gasteiger partial charge is 0.481 e. The summed E-state index contributed by atoms with van der Waals surface area (Å²) in [4.78, 5) is 37.7. The molecular weight excluding hydrogens is 280 g/mol. The summed E-state index contributed by atoms with van der Waals surface area (Å²) in [6, 6.07) is 0.886. The minimum atomic E-state index is -0.997. The molecule has 9 nitrogen and oxygen atoms in total. The molecule has 1 aromatic heterocycles. The van der Waals surface area contributed by atoms with Gasteiger partial charge in [-0.15, -0.1) is 0 Å². The van der Waals surface area contributed by atoms with Gasteiger partial charge in [0.25, 0.3) is 11.6 Å². The number of carbonyl (C=O) groups excluding carboxylic acids is 1. The number of hydrogen-bond acceptors (Lipinski definition) is 6. The van der Waals surface area contributed by atoms with Crippen molar-refractivity contribution in [3.05, 3.63) is 27.9 Å². The van der Waals surface area contributed by atoms with Gasteiger partial charge >= 0.3 is 5.97 Å². The number of hydrogen-bond donors (Lipinski definition) is 2. The molecule has 21 heavy (non-hydrogen) atoms. The summed E-state index contributed by atoms with van der Waals surface area (Å²) in [5.41, 5.74) is 4.77. The number of aliphatic carboxylic acids is 1. The second-order valence-electron chi connectivity index (χ2n) is 4.62. The Morgan fingerprint density at radius 2 is 2.14 bits per heavy atom. The van der Waals surface area contributed by atoms with Crippen LogP contribution >= 0.6 is 0 Å². The zero-order valence-electron chi connectivity index (χ0n) is 11.6. The quantitative estimate of drug-likeness (QED) is 0.559. The lowest BCUT2D eigenvalue weighted by Gasteiger charge is -2.28. The third-order valence-corrected chi connectivity index (χ3v) is 2.79. The van der Waals surface area contributed by atoms with Gasteiger partial charge in [-0.05, 0) is 13.8 Å². The highest BCUT2D eigenvalue weighted by molar-refractivity contribution is 5.98. The Kier molecular flexibility index (Phi) is 5.17. The van der Waals surface area contributed by atoms with Crippen molar-refractivity contribution >= 4 is 23.4 Å². The number of carbonyl (C=O) groups is 2. The molecular formula is C12H16N4O5. The lowest BCUT2D eigenvalue weighted by atomic mass is 10.2. The SMILES string of the molecule is CC(C)N(CCC(=O)O)c1ncc([N+](=O)[O-])cc1C(N)=O. The van der Waals surface area contributed by atoms with Gasteiger partial charge in [0.15, 0.2) is 0 Å². The highest BCUT2D eigenvalue weighted by Crippen LogP contribution is 2.24. The van der Waals surface area contributed by atoms with Gasteiger partial charge in [0.2, 0.25) is 0 Å². The summed E-state index contributed by atoms with van der Waals surface area (Å²) in [7, 11) is 0. The Labute approximate surface area is 120 Å². The Bertz CT molecular complexity index is 573. The molecule has 0 saturated carbocycles. The number of carboxylic acids is 1. The van der Waals surface area contributed by atoms with Crippen molar-refractivity contribution in [3.8, 4) is 0 Å².